The molecule has 1 amide bonds. The second kappa shape index (κ2) is 12.2. The Kier molecular flexibility index (Phi) is 7.87. The van der Waals surface area contributed by atoms with Gasteiger partial charge in [-0.1, -0.05) is 0 Å². The first-order valence-corrected chi connectivity index (χ1v) is 15.2. The number of carbonyl (C=O) groups excluding carboxylic acids is 1. The number of aromatic nitrogens is 3. The molecule has 0 atom stereocenters. The number of hydrogen-bond donors (Lipinski definition) is 2. The highest BCUT2D eigenvalue weighted by molar-refractivity contribution is 5.91. The van der Waals surface area contributed by atoms with Crippen molar-refractivity contribution in [1.29, 1.82) is 5.26 Å². The van der Waals surface area contributed by atoms with Gasteiger partial charge in [-0.15, -0.1) is 0 Å². The number of hydrogen-bond acceptors (Lipinski definition) is 9. The fraction of sp³-hybridized carbons (Fsp3) is 0.394. The molecule has 11 nitrogen and oxygen atoms in total. The van der Waals surface area contributed by atoms with Crippen molar-refractivity contribution < 1.29 is 19.4 Å². The Morgan fingerprint density at radius 1 is 1.02 bits per heavy atom. The third kappa shape index (κ3) is 5.59. The highest BCUT2D eigenvalue weighted by atomic mass is 16.5. The molecule has 11 heteroatoms. The van der Waals surface area contributed by atoms with Gasteiger partial charge in [0.15, 0.2) is 0 Å². The van der Waals surface area contributed by atoms with Crippen molar-refractivity contribution >= 4 is 22.6 Å². The molecule has 0 spiro atoms. The lowest BCUT2D eigenvalue weighted by Gasteiger charge is -2.43. The van der Waals surface area contributed by atoms with Crippen molar-refractivity contribution in [1.82, 2.24) is 24.8 Å². The number of benzene rings is 2. The quantitative estimate of drug-likeness (QED) is 0.332. The van der Waals surface area contributed by atoms with Crippen LogP contribution in [-0.4, -0.2) is 107 Å². The van der Waals surface area contributed by atoms with Crippen molar-refractivity contribution in [2.45, 2.75) is 25.0 Å². The lowest BCUT2D eigenvalue weighted by Crippen LogP contribution is -2.56. The summed E-state index contributed by atoms with van der Waals surface area (Å²) in [4.78, 5) is 31.4. The van der Waals surface area contributed by atoms with Crippen LogP contribution in [0.25, 0.3) is 33.7 Å². The van der Waals surface area contributed by atoms with Crippen LogP contribution in [0.4, 0.5) is 5.69 Å². The van der Waals surface area contributed by atoms with E-state index in [1.807, 2.05) is 18.2 Å². The van der Waals surface area contributed by atoms with Crippen LogP contribution in [0, 0.1) is 11.3 Å². The number of piperidine rings is 1. The van der Waals surface area contributed by atoms with Gasteiger partial charge in [0.2, 0.25) is 5.91 Å². The number of nitriles is 1. The number of fused-ring (bicyclic) bond motifs is 1. The molecule has 0 saturated carbocycles. The summed E-state index contributed by atoms with van der Waals surface area (Å²) in [6, 6.07) is 18.8. The molecule has 3 fully saturated rings. The van der Waals surface area contributed by atoms with Gasteiger partial charge in [0.25, 0.3) is 0 Å². The molecule has 0 bridgehead atoms. The molecule has 4 aromatic rings. The summed E-state index contributed by atoms with van der Waals surface area (Å²) in [5.74, 6) is 1.01. The van der Waals surface area contributed by atoms with E-state index in [0.717, 1.165) is 67.4 Å². The van der Waals surface area contributed by atoms with Gasteiger partial charge >= 0.3 is 0 Å². The maximum Gasteiger partial charge on any atom is 0.248 e. The summed E-state index contributed by atoms with van der Waals surface area (Å²) in [5, 5.41) is 19.0. The fourth-order valence-corrected chi connectivity index (χ4v) is 6.26. The average molecular weight is 594 g/mol. The number of likely N-dealkylation sites (tertiary alicyclic amines) is 1. The van der Waals surface area contributed by atoms with Crippen LogP contribution in [-0.2, 0) is 9.53 Å². The van der Waals surface area contributed by atoms with Crippen molar-refractivity contribution in [3.8, 4) is 34.5 Å². The number of piperazine rings is 1. The zero-order chi connectivity index (χ0) is 30.0. The normalized spacial score (nSPS) is 18.3. The van der Waals surface area contributed by atoms with Crippen LogP contribution < -0.4 is 9.64 Å². The molecule has 5 heterocycles. The molecule has 2 N–H and O–H groups in total. The van der Waals surface area contributed by atoms with Crippen LogP contribution in [0.1, 0.15) is 18.4 Å². The minimum Gasteiger partial charge on any atom is -0.489 e. The van der Waals surface area contributed by atoms with E-state index in [2.05, 4.69) is 50.1 Å². The number of ether oxygens (including phenoxy) is 2. The lowest BCUT2D eigenvalue weighted by molar-refractivity contribution is -0.135. The van der Waals surface area contributed by atoms with Gasteiger partial charge in [-0.3, -0.25) is 14.7 Å². The summed E-state index contributed by atoms with van der Waals surface area (Å²) >= 11 is 0. The second-order valence-corrected chi connectivity index (χ2v) is 11.6. The smallest absolute Gasteiger partial charge is 0.248 e. The van der Waals surface area contributed by atoms with E-state index in [-0.39, 0.29) is 12.0 Å². The minimum atomic E-state index is -0.481. The van der Waals surface area contributed by atoms with Crippen molar-refractivity contribution in [2.24, 2.45) is 0 Å². The number of rotatable bonds is 7. The van der Waals surface area contributed by atoms with E-state index in [0.29, 0.717) is 49.0 Å². The van der Waals surface area contributed by atoms with Crippen molar-refractivity contribution in [3.05, 3.63) is 60.3 Å². The Morgan fingerprint density at radius 2 is 1.77 bits per heavy atom. The number of carbonyl (C=O) groups is 1. The monoisotopic (exact) mass is 593 g/mol. The number of nitrogens with zero attached hydrogens (tertiary/aromatic N) is 6. The lowest BCUT2D eigenvalue weighted by atomic mass is 10.0. The first-order valence-electron chi connectivity index (χ1n) is 15.2. The first-order chi connectivity index (χ1) is 21.6. The summed E-state index contributed by atoms with van der Waals surface area (Å²) in [6.45, 7) is 6.42. The number of nitrogens with one attached hydrogen (secondary N) is 1. The van der Waals surface area contributed by atoms with Crippen LogP contribution in [0.15, 0.2) is 54.7 Å². The molecule has 44 heavy (non-hydrogen) atoms. The molecule has 0 unspecified atom stereocenters. The van der Waals surface area contributed by atoms with E-state index >= 15 is 0 Å². The topological polar surface area (TPSA) is 131 Å². The van der Waals surface area contributed by atoms with E-state index in [9.17, 15) is 10.1 Å². The first kappa shape index (κ1) is 28.3. The summed E-state index contributed by atoms with van der Waals surface area (Å²) in [6.07, 6.45) is 2.92. The number of aliphatic hydroxyl groups excluding tert-OH is 1. The van der Waals surface area contributed by atoms with E-state index < -0.39 is 6.61 Å². The highest BCUT2D eigenvalue weighted by Gasteiger charge is 2.29. The summed E-state index contributed by atoms with van der Waals surface area (Å²) in [5.41, 5.74) is 5.71. The fourth-order valence-electron chi connectivity index (χ4n) is 6.26. The standard InChI is InChI=1S/C33H35N7O4/c34-18-24-17-23(3-6-29(24)44-27-8-11-40(12-9-27)30(42)19-41)31-32-28(7-10-35-31)36-33(37-32)22-1-4-25(5-2-22)38-13-15-39(16-14-38)26-20-43-21-26/h1-7,10,17,26-27,41H,8-9,11-16,19-21H2,(H,36,37). The van der Waals surface area contributed by atoms with Crippen LogP contribution in [0.2, 0.25) is 0 Å². The maximum absolute atomic E-state index is 11.8. The Bertz CT molecular complexity index is 1680. The van der Waals surface area contributed by atoms with Gasteiger partial charge in [-0.25, -0.2) is 4.98 Å². The highest BCUT2D eigenvalue weighted by Crippen LogP contribution is 2.32. The number of imidazole rings is 1. The predicted molar refractivity (Wildman–Crippen MR) is 165 cm³/mol. The number of pyridine rings is 1. The maximum atomic E-state index is 11.8. The molecule has 226 valence electrons. The largest absolute Gasteiger partial charge is 0.489 e. The van der Waals surface area contributed by atoms with Gasteiger partial charge in [-0.05, 0) is 48.5 Å². The number of amides is 1. The Balaban J connectivity index is 1.06. The average Bonchev–Trinajstić information content (AvgIpc) is 3.49. The number of aromatic amines is 1. The number of H-pyrrole nitrogens is 1. The molecule has 0 aliphatic carbocycles. The molecule has 3 aliphatic heterocycles. The van der Waals surface area contributed by atoms with Gasteiger partial charge < -0.3 is 29.4 Å². The zero-order valence-electron chi connectivity index (χ0n) is 24.5. The third-order valence-corrected chi connectivity index (χ3v) is 8.96. The van der Waals surface area contributed by atoms with Gasteiger partial charge in [0.1, 0.15) is 35.9 Å². The van der Waals surface area contributed by atoms with Crippen LogP contribution in [0.3, 0.4) is 0 Å². The summed E-state index contributed by atoms with van der Waals surface area (Å²) < 4.78 is 11.5. The minimum absolute atomic E-state index is 0.107. The van der Waals surface area contributed by atoms with Crippen LogP contribution >= 0.6 is 0 Å². The molecular weight excluding hydrogens is 558 g/mol. The van der Waals surface area contributed by atoms with Gasteiger partial charge in [0, 0.05) is 75.1 Å². The van der Waals surface area contributed by atoms with Crippen molar-refractivity contribution in [2.75, 3.05) is 64.0 Å². The number of anilines is 1. The van der Waals surface area contributed by atoms with Crippen molar-refractivity contribution in [3.63, 3.8) is 0 Å². The van der Waals surface area contributed by atoms with Crippen LogP contribution in [0.5, 0.6) is 5.75 Å². The Morgan fingerprint density at radius 3 is 2.45 bits per heavy atom. The zero-order valence-corrected chi connectivity index (χ0v) is 24.5. The Hall–Kier alpha value is -4.50. The second-order valence-electron chi connectivity index (χ2n) is 11.6. The predicted octanol–water partition coefficient (Wildman–Crippen LogP) is 3.05. The van der Waals surface area contributed by atoms with E-state index in [1.165, 1.54) is 5.69 Å². The van der Waals surface area contributed by atoms with Gasteiger partial charge in [-0.2, -0.15) is 5.26 Å². The molecule has 0 radical (unpaired) electrons. The molecule has 3 aliphatic rings. The molecular formula is C33H35N7O4. The van der Waals surface area contributed by atoms with E-state index in [4.69, 9.17) is 19.6 Å². The summed E-state index contributed by atoms with van der Waals surface area (Å²) in [7, 11) is 0. The molecule has 7 rings (SSSR count). The molecule has 2 aromatic heterocycles. The molecule has 2 aromatic carbocycles. The number of aliphatic hydroxyl groups is 1. The SMILES string of the molecule is N#Cc1cc(-c2nccc3[nH]c(-c4ccc(N5CCN(C6COC6)CC5)cc4)nc23)ccc1OC1CCN(C(=O)CO)CC1. The van der Waals surface area contributed by atoms with E-state index in [1.54, 1.807) is 17.2 Å². The van der Waals surface area contributed by atoms with Gasteiger partial charge in [0.05, 0.1) is 36.0 Å². The Labute approximate surface area is 255 Å². The third-order valence-electron chi connectivity index (χ3n) is 8.96. The molecule has 3 saturated heterocycles.